The number of nitrogen functional groups attached to an aromatic ring is 1. The number of anilines is 1. The molecular formula is C14H20N2O2S. The Morgan fingerprint density at radius 3 is 2.32 bits per heavy atom. The Morgan fingerprint density at radius 1 is 1.37 bits per heavy atom. The Hall–Kier alpha value is -1.51. The molecule has 0 aromatic heterocycles. The molecule has 0 aliphatic rings. The SMILES string of the molecule is C#CCC(CC)NS(=O)(=O)c1c(C)cc(N)cc1C. The number of terminal acetylenes is 1. The lowest BCUT2D eigenvalue weighted by Crippen LogP contribution is -2.34. The van der Waals surface area contributed by atoms with Crippen LogP contribution < -0.4 is 10.5 Å². The van der Waals surface area contributed by atoms with Crippen molar-refractivity contribution in [1.82, 2.24) is 4.72 Å². The van der Waals surface area contributed by atoms with Gasteiger partial charge < -0.3 is 5.73 Å². The summed E-state index contributed by atoms with van der Waals surface area (Å²) in [6, 6.07) is 3.07. The highest BCUT2D eigenvalue weighted by Crippen LogP contribution is 2.23. The highest BCUT2D eigenvalue weighted by Gasteiger charge is 2.22. The van der Waals surface area contributed by atoms with Gasteiger partial charge in [0, 0.05) is 18.2 Å². The maximum atomic E-state index is 12.4. The van der Waals surface area contributed by atoms with Gasteiger partial charge in [-0.25, -0.2) is 13.1 Å². The second-order valence-electron chi connectivity index (χ2n) is 4.62. The van der Waals surface area contributed by atoms with Gasteiger partial charge in [-0.05, 0) is 43.5 Å². The second kappa shape index (κ2) is 6.09. The number of nitrogens with two attached hydrogens (primary N) is 1. The summed E-state index contributed by atoms with van der Waals surface area (Å²) in [6.07, 6.45) is 6.27. The number of hydrogen-bond acceptors (Lipinski definition) is 3. The number of sulfonamides is 1. The third-order valence-corrected chi connectivity index (χ3v) is 4.76. The molecule has 0 saturated heterocycles. The number of aryl methyl sites for hydroxylation is 2. The number of benzene rings is 1. The molecule has 0 fully saturated rings. The fourth-order valence-corrected chi connectivity index (χ4v) is 3.87. The average Bonchev–Trinajstić information content (AvgIpc) is 2.25. The van der Waals surface area contributed by atoms with Crippen LogP contribution in [0.25, 0.3) is 0 Å². The Balaban J connectivity index is 3.18. The quantitative estimate of drug-likeness (QED) is 0.640. The maximum absolute atomic E-state index is 12.4. The largest absolute Gasteiger partial charge is 0.399 e. The van der Waals surface area contributed by atoms with Gasteiger partial charge in [-0.3, -0.25) is 0 Å². The summed E-state index contributed by atoms with van der Waals surface area (Å²) in [4.78, 5) is 0.289. The van der Waals surface area contributed by atoms with E-state index in [0.717, 1.165) is 0 Å². The molecule has 1 aromatic carbocycles. The van der Waals surface area contributed by atoms with Gasteiger partial charge in [-0.1, -0.05) is 6.92 Å². The average molecular weight is 280 g/mol. The monoisotopic (exact) mass is 280 g/mol. The summed E-state index contributed by atoms with van der Waals surface area (Å²) in [5, 5.41) is 0. The Bertz CT molecular complexity index is 577. The molecule has 0 saturated carbocycles. The van der Waals surface area contributed by atoms with Gasteiger partial charge in [0.1, 0.15) is 0 Å². The minimum absolute atomic E-state index is 0.244. The van der Waals surface area contributed by atoms with Crippen LogP contribution in [0, 0.1) is 26.2 Å². The molecule has 0 bridgehead atoms. The van der Waals surface area contributed by atoms with Crippen molar-refractivity contribution < 1.29 is 8.42 Å². The Labute approximate surface area is 115 Å². The van der Waals surface area contributed by atoms with Crippen LogP contribution >= 0.6 is 0 Å². The summed E-state index contributed by atoms with van der Waals surface area (Å²) >= 11 is 0. The number of nitrogens with one attached hydrogen (secondary N) is 1. The summed E-state index contributed by atoms with van der Waals surface area (Å²) in [5.41, 5.74) is 7.54. The molecule has 1 unspecified atom stereocenters. The van der Waals surface area contributed by atoms with Crippen molar-refractivity contribution in [2.75, 3.05) is 5.73 Å². The second-order valence-corrected chi connectivity index (χ2v) is 6.27. The fourth-order valence-electron chi connectivity index (χ4n) is 2.10. The van der Waals surface area contributed by atoms with Crippen molar-refractivity contribution in [1.29, 1.82) is 0 Å². The van der Waals surface area contributed by atoms with Crippen molar-refractivity contribution in [3.8, 4) is 12.3 Å². The van der Waals surface area contributed by atoms with Crippen molar-refractivity contribution in [2.45, 2.75) is 44.6 Å². The van der Waals surface area contributed by atoms with E-state index in [1.165, 1.54) is 0 Å². The first-order valence-corrected chi connectivity index (χ1v) is 7.62. The summed E-state index contributed by atoms with van der Waals surface area (Å²) in [7, 11) is -3.57. The minimum atomic E-state index is -3.57. The normalized spacial score (nSPS) is 12.9. The molecule has 104 valence electrons. The van der Waals surface area contributed by atoms with E-state index in [9.17, 15) is 8.42 Å². The third-order valence-electron chi connectivity index (χ3n) is 2.93. The topological polar surface area (TPSA) is 72.2 Å². The molecule has 0 aliphatic carbocycles. The Kier molecular flexibility index (Phi) is 4.98. The molecule has 19 heavy (non-hydrogen) atoms. The number of rotatable bonds is 5. The Morgan fingerprint density at radius 2 is 1.89 bits per heavy atom. The molecule has 0 amide bonds. The van der Waals surface area contributed by atoms with Crippen LogP contribution in [-0.2, 0) is 10.0 Å². The standard InChI is InChI=1S/C14H20N2O2S/c1-5-7-13(6-2)16-19(17,18)14-10(3)8-12(15)9-11(14)4/h1,8-9,13,16H,6-7,15H2,2-4H3. The predicted octanol–water partition coefficient (Wildman–Crippen LogP) is 1.97. The van der Waals surface area contributed by atoms with Crippen molar-refractivity contribution >= 4 is 15.7 Å². The molecule has 4 nitrogen and oxygen atoms in total. The van der Waals surface area contributed by atoms with Gasteiger partial charge in [0.05, 0.1) is 4.90 Å². The summed E-state index contributed by atoms with van der Waals surface area (Å²) in [5.74, 6) is 2.48. The molecule has 0 heterocycles. The molecule has 3 N–H and O–H groups in total. The first-order valence-electron chi connectivity index (χ1n) is 6.14. The van der Waals surface area contributed by atoms with Gasteiger partial charge in [-0.15, -0.1) is 12.3 Å². The van der Waals surface area contributed by atoms with E-state index >= 15 is 0 Å². The van der Waals surface area contributed by atoms with Crippen LogP contribution in [0.4, 0.5) is 5.69 Å². The molecular weight excluding hydrogens is 260 g/mol. The van der Waals surface area contributed by atoms with E-state index in [1.54, 1.807) is 26.0 Å². The highest BCUT2D eigenvalue weighted by atomic mass is 32.2. The van der Waals surface area contributed by atoms with Crippen molar-refractivity contribution in [2.24, 2.45) is 0 Å². The highest BCUT2D eigenvalue weighted by molar-refractivity contribution is 7.89. The summed E-state index contributed by atoms with van der Waals surface area (Å²) < 4.78 is 27.5. The zero-order valence-corrected chi connectivity index (χ0v) is 12.3. The van der Waals surface area contributed by atoms with Gasteiger partial charge in [0.15, 0.2) is 0 Å². The van der Waals surface area contributed by atoms with Crippen LogP contribution in [0.3, 0.4) is 0 Å². The van der Waals surface area contributed by atoms with Gasteiger partial charge in [0.25, 0.3) is 0 Å². The van der Waals surface area contributed by atoms with Crippen LogP contribution in [0.15, 0.2) is 17.0 Å². The van der Waals surface area contributed by atoms with Gasteiger partial charge >= 0.3 is 0 Å². The molecule has 0 radical (unpaired) electrons. The first-order chi connectivity index (χ1) is 8.81. The lowest BCUT2D eigenvalue weighted by atomic mass is 10.1. The van der Waals surface area contributed by atoms with E-state index in [-0.39, 0.29) is 10.9 Å². The first kappa shape index (κ1) is 15.5. The van der Waals surface area contributed by atoms with Crippen LogP contribution in [-0.4, -0.2) is 14.5 Å². The van der Waals surface area contributed by atoms with Gasteiger partial charge in [-0.2, -0.15) is 0 Å². The molecule has 1 atom stereocenters. The van der Waals surface area contributed by atoms with Crippen molar-refractivity contribution in [3.63, 3.8) is 0 Å². The lowest BCUT2D eigenvalue weighted by molar-refractivity contribution is 0.543. The smallest absolute Gasteiger partial charge is 0.241 e. The van der Waals surface area contributed by atoms with Crippen LogP contribution in [0.5, 0.6) is 0 Å². The van der Waals surface area contributed by atoms with E-state index in [0.29, 0.717) is 29.7 Å². The van der Waals surface area contributed by atoms with E-state index < -0.39 is 10.0 Å². The van der Waals surface area contributed by atoms with Crippen LogP contribution in [0.1, 0.15) is 30.9 Å². The number of hydrogen-bond donors (Lipinski definition) is 2. The van der Waals surface area contributed by atoms with Crippen LogP contribution in [0.2, 0.25) is 0 Å². The summed E-state index contributed by atoms with van der Waals surface area (Å²) in [6.45, 7) is 5.37. The lowest BCUT2D eigenvalue weighted by Gasteiger charge is -2.17. The minimum Gasteiger partial charge on any atom is -0.399 e. The fraction of sp³-hybridized carbons (Fsp3) is 0.429. The molecule has 0 aliphatic heterocycles. The predicted molar refractivity (Wildman–Crippen MR) is 78.2 cm³/mol. The molecule has 0 spiro atoms. The molecule has 5 heteroatoms. The van der Waals surface area contributed by atoms with E-state index in [1.807, 2.05) is 6.92 Å². The zero-order chi connectivity index (χ0) is 14.6. The van der Waals surface area contributed by atoms with E-state index in [2.05, 4.69) is 10.6 Å². The van der Waals surface area contributed by atoms with Gasteiger partial charge in [0.2, 0.25) is 10.0 Å². The van der Waals surface area contributed by atoms with E-state index in [4.69, 9.17) is 12.2 Å². The third kappa shape index (κ3) is 3.72. The molecule has 1 rings (SSSR count). The maximum Gasteiger partial charge on any atom is 0.241 e. The molecule has 1 aromatic rings. The van der Waals surface area contributed by atoms with Crippen molar-refractivity contribution in [3.05, 3.63) is 23.3 Å². The zero-order valence-electron chi connectivity index (χ0n) is 11.5.